The van der Waals surface area contributed by atoms with Crippen LogP contribution in [0.5, 0.6) is 11.9 Å². The minimum atomic E-state index is -1.15. The molecule has 0 saturated carbocycles. The number of furan rings is 2. The average Bonchev–Trinajstić information content (AvgIpc) is 3.01. The molecule has 0 radical (unpaired) electrons. The molecule has 2 aromatic heterocycles. The van der Waals surface area contributed by atoms with Crippen molar-refractivity contribution < 1.29 is 27.9 Å². The second-order valence-corrected chi connectivity index (χ2v) is 3.57. The number of hydrogen-bond acceptors (Lipinski definition) is 7. The Morgan fingerprint density at radius 3 is 2.21 bits per heavy atom. The van der Waals surface area contributed by atoms with Gasteiger partial charge in [0.25, 0.3) is 11.9 Å². The molecule has 2 heterocycles. The maximum Gasteiger partial charge on any atom is 0.331 e. The zero-order valence-electron chi connectivity index (χ0n) is 9.78. The number of carbonyl (C=O) groups is 2. The molecule has 0 fully saturated rings. The van der Waals surface area contributed by atoms with Crippen molar-refractivity contribution in [3.05, 3.63) is 36.8 Å². The minimum absolute atomic E-state index is 0.0138. The average molecular weight is 265 g/mol. The van der Waals surface area contributed by atoms with E-state index >= 15 is 0 Å². The van der Waals surface area contributed by atoms with E-state index in [1.807, 2.05) is 0 Å². The highest BCUT2D eigenvalue weighted by Gasteiger charge is 2.22. The van der Waals surface area contributed by atoms with Gasteiger partial charge < -0.3 is 24.0 Å². The van der Waals surface area contributed by atoms with Crippen LogP contribution in [0.1, 0.15) is 6.42 Å². The van der Waals surface area contributed by atoms with Gasteiger partial charge in [0.05, 0.1) is 18.9 Å². The summed E-state index contributed by atoms with van der Waals surface area (Å²) in [7, 11) is 0. The first-order valence-corrected chi connectivity index (χ1v) is 5.40. The van der Waals surface area contributed by atoms with E-state index < -0.39 is 18.0 Å². The lowest BCUT2D eigenvalue weighted by Gasteiger charge is -2.08. The van der Waals surface area contributed by atoms with Crippen molar-refractivity contribution in [2.75, 3.05) is 0 Å². The van der Waals surface area contributed by atoms with E-state index in [4.69, 9.17) is 24.0 Å². The van der Waals surface area contributed by atoms with Gasteiger partial charge in [-0.3, -0.25) is 4.79 Å². The SMILES string of the molecule is N[C@@H](CC(=O)Oc1ccco1)C(=O)Oc1ccco1. The quantitative estimate of drug-likeness (QED) is 0.807. The molecule has 7 nitrogen and oxygen atoms in total. The topological polar surface area (TPSA) is 105 Å². The predicted molar refractivity (Wildman–Crippen MR) is 61.3 cm³/mol. The van der Waals surface area contributed by atoms with Crippen molar-refractivity contribution in [3.8, 4) is 11.9 Å². The van der Waals surface area contributed by atoms with Crippen molar-refractivity contribution in [1.82, 2.24) is 0 Å². The van der Waals surface area contributed by atoms with Gasteiger partial charge in [-0.25, -0.2) is 4.79 Å². The Balaban J connectivity index is 1.81. The molecule has 0 aliphatic heterocycles. The number of rotatable bonds is 5. The summed E-state index contributed by atoms with van der Waals surface area (Å²) in [5, 5.41) is 0. The molecule has 0 aliphatic rings. The molecule has 2 N–H and O–H groups in total. The lowest BCUT2D eigenvalue weighted by atomic mass is 10.2. The van der Waals surface area contributed by atoms with E-state index in [1.165, 1.54) is 24.7 Å². The summed E-state index contributed by atoms with van der Waals surface area (Å²) in [5.74, 6) is -1.43. The summed E-state index contributed by atoms with van der Waals surface area (Å²) < 4.78 is 19.2. The Hall–Kier alpha value is -2.54. The summed E-state index contributed by atoms with van der Waals surface area (Å²) in [6, 6.07) is 4.89. The van der Waals surface area contributed by atoms with Gasteiger partial charge in [-0.05, 0) is 12.1 Å². The predicted octanol–water partition coefficient (Wildman–Crippen LogP) is 1.10. The monoisotopic (exact) mass is 265 g/mol. The van der Waals surface area contributed by atoms with E-state index in [-0.39, 0.29) is 18.3 Å². The van der Waals surface area contributed by atoms with Crippen LogP contribution in [0.15, 0.2) is 45.6 Å². The van der Waals surface area contributed by atoms with Crippen molar-refractivity contribution in [2.24, 2.45) is 5.73 Å². The third-order valence-electron chi connectivity index (χ3n) is 2.10. The molecule has 0 saturated heterocycles. The Labute approximate surface area is 107 Å². The molecule has 1 atom stereocenters. The van der Waals surface area contributed by atoms with Crippen LogP contribution in [-0.4, -0.2) is 18.0 Å². The van der Waals surface area contributed by atoms with Gasteiger partial charge in [0.2, 0.25) is 0 Å². The second-order valence-electron chi connectivity index (χ2n) is 3.57. The molecule has 2 aromatic rings. The van der Waals surface area contributed by atoms with Gasteiger partial charge in [0.15, 0.2) is 0 Å². The Morgan fingerprint density at radius 1 is 1.11 bits per heavy atom. The first-order valence-electron chi connectivity index (χ1n) is 5.40. The van der Waals surface area contributed by atoms with Gasteiger partial charge in [-0.1, -0.05) is 0 Å². The zero-order valence-corrected chi connectivity index (χ0v) is 9.78. The van der Waals surface area contributed by atoms with Crippen LogP contribution in [0.4, 0.5) is 0 Å². The summed E-state index contributed by atoms with van der Waals surface area (Å²) in [5.41, 5.74) is 5.52. The fourth-order valence-corrected chi connectivity index (χ4v) is 1.23. The summed E-state index contributed by atoms with van der Waals surface area (Å²) in [6.45, 7) is 0. The molecule has 7 heteroatoms. The van der Waals surface area contributed by atoms with Crippen LogP contribution in [-0.2, 0) is 9.59 Å². The smallest absolute Gasteiger partial charge is 0.331 e. The highest BCUT2D eigenvalue weighted by Crippen LogP contribution is 2.13. The fraction of sp³-hybridized carbons (Fsp3) is 0.167. The third-order valence-corrected chi connectivity index (χ3v) is 2.10. The zero-order chi connectivity index (χ0) is 13.7. The first-order chi connectivity index (χ1) is 9.15. The lowest BCUT2D eigenvalue weighted by molar-refractivity contribution is -0.143. The Kier molecular flexibility index (Phi) is 3.99. The summed E-state index contributed by atoms with van der Waals surface area (Å²) in [4.78, 5) is 22.9. The fourth-order valence-electron chi connectivity index (χ4n) is 1.23. The molecule has 0 bridgehead atoms. The highest BCUT2D eigenvalue weighted by atomic mass is 16.6. The highest BCUT2D eigenvalue weighted by molar-refractivity contribution is 5.84. The van der Waals surface area contributed by atoms with Crippen LogP contribution in [0, 0.1) is 0 Å². The number of hydrogen-bond donors (Lipinski definition) is 1. The number of esters is 2. The lowest BCUT2D eigenvalue weighted by Crippen LogP contribution is -2.37. The molecular weight excluding hydrogens is 254 g/mol. The van der Waals surface area contributed by atoms with E-state index in [1.54, 1.807) is 12.1 Å². The molecule has 0 spiro atoms. The summed E-state index contributed by atoms with van der Waals surface area (Å²) >= 11 is 0. The maximum atomic E-state index is 11.5. The number of ether oxygens (including phenoxy) is 2. The molecule has 0 unspecified atom stereocenters. The van der Waals surface area contributed by atoms with E-state index in [0.29, 0.717) is 0 Å². The standard InChI is InChI=1S/C12H11NO6/c13-8(12(15)19-11-4-2-6-17-11)7-9(14)18-10-3-1-5-16-10/h1-6,8H,7,13H2/t8-/m0/s1. The minimum Gasteiger partial charge on any atom is -0.434 e. The van der Waals surface area contributed by atoms with E-state index in [2.05, 4.69) is 0 Å². The second kappa shape index (κ2) is 5.87. The molecular formula is C12H11NO6. The van der Waals surface area contributed by atoms with Gasteiger partial charge in [0, 0.05) is 12.1 Å². The van der Waals surface area contributed by atoms with Crippen LogP contribution >= 0.6 is 0 Å². The summed E-state index contributed by atoms with van der Waals surface area (Å²) in [6.07, 6.45) is 2.37. The van der Waals surface area contributed by atoms with Gasteiger partial charge in [0.1, 0.15) is 6.04 Å². The van der Waals surface area contributed by atoms with Gasteiger partial charge >= 0.3 is 11.9 Å². The van der Waals surface area contributed by atoms with Crippen molar-refractivity contribution in [2.45, 2.75) is 12.5 Å². The molecule has 100 valence electrons. The van der Waals surface area contributed by atoms with Crippen LogP contribution in [0.2, 0.25) is 0 Å². The van der Waals surface area contributed by atoms with Crippen LogP contribution in [0.3, 0.4) is 0 Å². The molecule has 0 aliphatic carbocycles. The third kappa shape index (κ3) is 3.71. The number of nitrogens with two attached hydrogens (primary N) is 1. The van der Waals surface area contributed by atoms with Crippen LogP contribution in [0.25, 0.3) is 0 Å². The Bertz CT molecular complexity index is 531. The van der Waals surface area contributed by atoms with Crippen molar-refractivity contribution in [3.63, 3.8) is 0 Å². The molecule has 2 rings (SSSR count). The Morgan fingerprint density at radius 2 is 1.68 bits per heavy atom. The van der Waals surface area contributed by atoms with Crippen LogP contribution < -0.4 is 15.2 Å². The van der Waals surface area contributed by atoms with E-state index in [9.17, 15) is 9.59 Å². The molecule has 19 heavy (non-hydrogen) atoms. The number of carbonyl (C=O) groups excluding carboxylic acids is 2. The largest absolute Gasteiger partial charge is 0.434 e. The maximum absolute atomic E-state index is 11.5. The first kappa shape index (κ1) is 12.9. The van der Waals surface area contributed by atoms with Crippen molar-refractivity contribution >= 4 is 11.9 Å². The normalized spacial score (nSPS) is 11.8. The molecule has 0 amide bonds. The van der Waals surface area contributed by atoms with Gasteiger partial charge in [-0.2, -0.15) is 0 Å². The van der Waals surface area contributed by atoms with E-state index in [0.717, 1.165) is 0 Å². The molecule has 0 aromatic carbocycles. The van der Waals surface area contributed by atoms with Gasteiger partial charge in [-0.15, -0.1) is 0 Å². The van der Waals surface area contributed by atoms with Crippen molar-refractivity contribution in [1.29, 1.82) is 0 Å².